The first-order valence-corrected chi connectivity index (χ1v) is 7.78. The second kappa shape index (κ2) is 6.56. The Bertz CT molecular complexity index is 383. The molecule has 3 nitrogen and oxygen atoms in total. The lowest BCUT2D eigenvalue weighted by Crippen LogP contribution is -2.32. The van der Waals surface area contributed by atoms with Crippen molar-refractivity contribution in [2.24, 2.45) is 36.5 Å². The van der Waals surface area contributed by atoms with Gasteiger partial charge in [0, 0.05) is 18.9 Å². The van der Waals surface area contributed by atoms with Crippen molar-refractivity contribution < 1.29 is 0 Å². The van der Waals surface area contributed by atoms with Gasteiger partial charge in [0.25, 0.3) is 0 Å². The molecule has 1 aromatic heterocycles. The molecule has 108 valence electrons. The van der Waals surface area contributed by atoms with Gasteiger partial charge in [-0.05, 0) is 68.4 Å². The molecule has 1 aliphatic rings. The fourth-order valence-electron chi connectivity index (χ4n) is 3.61. The fraction of sp³-hybridized carbons (Fsp3) is 0.812. The van der Waals surface area contributed by atoms with E-state index in [-0.39, 0.29) is 0 Å². The van der Waals surface area contributed by atoms with Crippen molar-refractivity contribution in [2.75, 3.05) is 6.54 Å². The lowest BCUT2D eigenvalue weighted by Gasteiger charge is -2.37. The summed E-state index contributed by atoms with van der Waals surface area (Å²) in [6.45, 7) is 5.60. The second-order valence-electron chi connectivity index (χ2n) is 6.56. The van der Waals surface area contributed by atoms with E-state index >= 15 is 0 Å². The topological polar surface area (TPSA) is 43.8 Å². The SMILES string of the molecule is CC(C)C1CCC(CN)C(CCc2ccnn2C)C1. The van der Waals surface area contributed by atoms with Crippen LogP contribution in [0.5, 0.6) is 0 Å². The van der Waals surface area contributed by atoms with E-state index in [9.17, 15) is 0 Å². The predicted octanol–water partition coefficient (Wildman–Crippen LogP) is 3.00. The summed E-state index contributed by atoms with van der Waals surface area (Å²) < 4.78 is 2.00. The number of nitrogens with two attached hydrogens (primary N) is 1. The lowest BCUT2D eigenvalue weighted by atomic mass is 9.69. The molecule has 0 spiro atoms. The van der Waals surface area contributed by atoms with Gasteiger partial charge in [-0.1, -0.05) is 13.8 Å². The third-order valence-electron chi connectivity index (χ3n) is 5.12. The quantitative estimate of drug-likeness (QED) is 0.887. The molecule has 0 amide bonds. The number of nitrogens with zero attached hydrogens (tertiary/aromatic N) is 2. The van der Waals surface area contributed by atoms with Crippen LogP contribution in [0.15, 0.2) is 12.3 Å². The molecule has 0 aliphatic heterocycles. The smallest absolute Gasteiger partial charge is 0.0492 e. The van der Waals surface area contributed by atoms with Gasteiger partial charge in [-0.2, -0.15) is 5.10 Å². The summed E-state index contributed by atoms with van der Waals surface area (Å²) in [6, 6.07) is 2.14. The Kier molecular flexibility index (Phi) is 5.03. The normalized spacial score (nSPS) is 27.9. The van der Waals surface area contributed by atoms with Gasteiger partial charge in [-0.3, -0.25) is 4.68 Å². The summed E-state index contributed by atoms with van der Waals surface area (Å²) in [4.78, 5) is 0. The highest BCUT2D eigenvalue weighted by atomic mass is 15.2. The molecular weight excluding hydrogens is 234 g/mol. The van der Waals surface area contributed by atoms with Gasteiger partial charge >= 0.3 is 0 Å². The summed E-state index contributed by atoms with van der Waals surface area (Å²) in [6.07, 6.45) is 8.38. The molecule has 3 heteroatoms. The van der Waals surface area contributed by atoms with Crippen LogP contribution in [0.25, 0.3) is 0 Å². The standard InChI is InChI=1S/C16H29N3/c1-12(2)13-4-5-15(11-17)14(10-13)6-7-16-8-9-18-19(16)3/h8-9,12-15H,4-7,10-11,17H2,1-3H3. The van der Waals surface area contributed by atoms with Crippen LogP contribution >= 0.6 is 0 Å². The number of aromatic nitrogens is 2. The number of rotatable bonds is 5. The molecule has 1 heterocycles. The summed E-state index contributed by atoms with van der Waals surface area (Å²) in [5, 5.41) is 4.25. The zero-order valence-corrected chi connectivity index (χ0v) is 12.7. The molecule has 1 fully saturated rings. The Morgan fingerprint density at radius 3 is 2.74 bits per heavy atom. The minimum atomic E-state index is 0.739. The van der Waals surface area contributed by atoms with Gasteiger partial charge in [0.15, 0.2) is 0 Å². The van der Waals surface area contributed by atoms with Gasteiger partial charge in [0.05, 0.1) is 0 Å². The van der Waals surface area contributed by atoms with E-state index < -0.39 is 0 Å². The van der Waals surface area contributed by atoms with E-state index in [1.807, 2.05) is 17.9 Å². The number of hydrogen-bond donors (Lipinski definition) is 1. The van der Waals surface area contributed by atoms with Crippen LogP contribution in [0.1, 0.15) is 45.2 Å². The van der Waals surface area contributed by atoms with Crippen LogP contribution in [-0.4, -0.2) is 16.3 Å². The van der Waals surface area contributed by atoms with Crippen LogP contribution in [0, 0.1) is 23.7 Å². The first-order valence-electron chi connectivity index (χ1n) is 7.78. The minimum Gasteiger partial charge on any atom is -0.330 e. The minimum absolute atomic E-state index is 0.739. The zero-order chi connectivity index (χ0) is 13.8. The largest absolute Gasteiger partial charge is 0.330 e. The van der Waals surface area contributed by atoms with Gasteiger partial charge < -0.3 is 5.73 Å². The van der Waals surface area contributed by atoms with Crippen molar-refractivity contribution in [3.8, 4) is 0 Å². The van der Waals surface area contributed by atoms with Crippen molar-refractivity contribution >= 4 is 0 Å². The van der Waals surface area contributed by atoms with Gasteiger partial charge in [0.1, 0.15) is 0 Å². The van der Waals surface area contributed by atoms with E-state index in [4.69, 9.17) is 5.73 Å². The average molecular weight is 263 g/mol. The highest BCUT2D eigenvalue weighted by molar-refractivity contribution is 5.00. The maximum Gasteiger partial charge on any atom is 0.0492 e. The maximum absolute atomic E-state index is 5.98. The molecule has 1 aromatic rings. The van der Waals surface area contributed by atoms with E-state index in [0.717, 1.165) is 36.6 Å². The second-order valence-corrected chi connectivity index (χ2v) is 6.56. The van der Waals surface area contributed by atoms with Crippen LogP contribution in [0.3, 0.4) is 0 Å². The Morgan fingerprint density at radius 2 is 2.16 bits per heavy atom. The summed E-state index contributed by atoms with van der Waals surface area (Å²) in [7, 11) is 2.04. The highest BCUT2D eigenvalue weighted by Crippen LogP contribution is 2.39. The van der Waals surface area contributed by atoms with Gasteiger partial charge in [-0.15, -0.1) is 0 Å². The van der Waals surface area contributed by atoms with Crippen molar-refractivity contribution in [3.63, 3.8) is 0 Å². The highest BCUT2D eigenvalue weighted by Gasteiger charge is 2.30. The van der Waals surface area contributed by atoms with Gasteiger partial charge in [-0.25, -0.2) is 0 Å². The first-order chi connectivity index (χ1) is 9.11. The monoisotopic (exact) mass is 263 g/mol. The third kappa shape index (κ3) is 3.59. The van der Waals surface area contributed by atoms with E-state index in [1.165, 1.54) is 31.4 Å². The molecule has 0 radical (unpaired) electrons. The van der Waals surface area contributed by atoms with Crippen LogP contribution in [-0.2, 0) is 13.5 Å². The van der Waals surface area contributed by atoms with Gasteiger partial charge in [0.2, 0.25) is 0 Å². The summed E-state index contributed by atoms with van der Waals surface area (Å²) >= 11 is 0. The first kappa shape index (κ1) is 14.6. The summed E-state index contributed by atoms with van der Waals surface area (Å²) in [5.74, 6) is 3.27. The van der Waals surface area contributed by atoms with E-state index in [0.29, 0.717) is 0 Å². The Hall–Kier alpha value is -0.830. The Morgan fingerprint density at radius 1 is 1.37 bits per heavy atom. The van der Waals surface area contributed by atoms with Crippen molar-refractivity contribution in [3.05, 3.63) is 18.0 Å². The third-order valence-corrected chi connectivity index (χ3v) is 5.12. The molecule has 3 atom stereocenters. The molecule has 3 unspecified atom stereocenters. The van der Waals surface area contributed by atoms with Crippen LogP contribution in [0.2, 0.25) is 0 Å². The molecular formula is C16H29N3. The van der Waals surface area contributed by atoms with E-state index in [1.54, 1.807) is 0 Å². The van der Waals surface area contributed by atoms with Crippen molar-refractivity contribution in [2.45, 2.75) is 46.0 Å². The molecule has 0 aromatic carbocycles. The predicted molar refractivity (Wildman–Crippen MR) is 79.7 cm³/mol. The average Bonchev–Trinajstić information content (AvgIpc) is 2.81. The lowest BCUT2D eigenvalue weighted by molar-refractivity contribution is 0.144. The molecule has 0 saturated heterocycles. The van der Waals surface area contributed by atoms with Crippen LogP contribution < -0.4 is 5.73 Å². The van der Waals surface area contributed by atoms with Crippen molar-refractivity contribution in [1.29, 1.82) is 0 Å². The molecule has 2 N–H and O–H groups in total. The molecule has 0 bridgehead atoms. The maximum atomic E-state index is 5.98. The number of hydrogen-bond acceptors (Lipinski definition) is 2. The molecule has 1 saturated carbocycles. The molecule has 1 aliphatic carbocycles. The molecule has 2 rings (SSSR count). The van der Waals surface area contributed by atoms with Crippen LogP contribution in [0.4, 0.5) is 0 Å². The number of aryl methyl sites for hydroxylation is 2. The fourth-order valence-corrected chi connectivity index (χ4v) is 3.61. The van der Waals surface area contributed by atoms with Crippen molar-refractivity contribution in [1.82, 2.24) is 9.78 Å². The molecule has 19 heavy (non-hydrogen) atoms. The summed E-state index contributed by atoms with van der Waals surface area (Å²) in [5.41, 5.74) is 7.33. The Balaban J connectivity index is 1.93. The Labute approximate surface area is 117 Å². The zero-order valence-electron chi connectivity index (χ0n) is 12.7. The van der Waals surface area contributed by atoms with E-state index in [2.05, 4.69) is 25.0 Å².